The third-order valence-corrected chi connectivity index (χ3v) is 4.66. The maximum Gasteiger partial charge on any atom is 0.256 e. The second kappa shape index (κ2) is 5.91. The van der Waals surface area contributed by atoms with Crippen molar-refractivity contribution in [2.75, 3.05) is 5.32 Å². The van der Waals surface area contributed by atoms with E-state index >= 15 is 0 Å². The Bertz CT molecular complexity index is 948. The van der Waals surface area contributed by atoms with E-state index in [9.17, 15) is 4.79 Å². The summed E-state index contributed by atoms with van der Waals surface area (Å²) < 4.78 is 0. The lowest BCUT2D eigenvalue weighted by Gasteiger charge is -2.12. The van der Waals surface area contributed by atoms with Crippen LogP contribution in [0.25, 0.3) is 10.9 Å². The predicted molar refractivity (Wildman–Crippen MR) is 97.9 cm³/mol. The SMILES string of the molecule is Cc1ccc(Cl)cc1NC(=O)c1cc(C2CC2)nc2ccccc12. The highest BCUT2D eigenvalue weighted by atomic mass is 35.5. The van der Waals surface area contributed by atoms with Crippen LogP contribution >= 0.6 is 11.6 Å². The standard InChI is InChI=1S/C20H17ClN2O/c1-12-6-9-14(21)10-18(12)23-20(24)16-11-19(13-7-8-13)22-17-5-3-2-4-15(16)17/h2-6,9-11,13H,7-8H2,1H3,(H,23,24). The van der Waals surface area contributed by atoms with Crippen LogP contribution in [-0.4, -0.2) is 10.9 Å². The zero-order chi connectivity index (χ0) is 16.7. The Labute approximate surface area is 145 Å². The molecule has 1 aliphatic carbocycles. The maximum absolute atomic E-state index is 12.9. The Hall–Kier alpha value is -2.39. The van der Waals surface area contributed by atoms with Crippen LogP contribution in [0.1, 0.15) is 40.4 Å². The van der Waals surface area contributed by atoms with Gasteiger partial charge in [-0.05, 0) is 49.6 Å². The molecule has 0 aliphatic heterocycles. The summed E-state index contributed by atoms with van der Waals surface area (Å²) in [5.74, 6) is 0.370. The molecule has 0 spiro atoms. The van der Waals surface area contributed by atoms with Gasteiger partial charge in [-0.1, -0.05) is 35.9 Å². The Balaban J connectivity index is 1.77. The number of pyridine rings is 1. The lowest BCUT2D eigenvalue weighted by atomic mass is 10.0. The molecule has 1 amide bonds. The smallest absolute Gasteiger partial charge is 0.256 e. The van der Waals surface area contributed by atoms with E-state index in [4.69, 9.17) is 16.6 Å². The van der Waals surface area contributed by atoms with Crippen molar-refractivity contribution in [1.82, 2.24) is 4.98 Å². The minimum absolute atomic E-state index is 0.124. The number of halogens is 1. The van der Waals surface area contributed by atoms with E-state index in [1.165, 1.54) is 0 Å². The van der Waals surface area contributed by atoms with Gasteiger partial charge in [0, 0.05) is 27.7 Å². The fourth-order valence-electron chi connectivity index (χ4n) is 2.89. The molecule has 1 fully saturated rings. The lowest BCUT2D eigenvalue weighted by molar-refractivity contribution is 0.102. The number of aromatic nitrogens is 1. The number of anilines is 1. The van der Waals surface area contributed by atoms with E-state index in [1.54, 1.807) is 6.07 Å². The molecule has 1 heterocycles. The number of carbonyl (C=O) groups is 1. The Kier molecular flexibility index (Phi) is 3.73. The monoisotopic (exact) mass is 336 g/mol. The van der Waals surface area contributed by atoms with E-state index < -0.39 is 0 Å². The van der Waals surface area contributed by atoms with Gasteiger partial charge in [0.05, 0.1) is 11.1 Å². The van der Waals surface area contributed by atoms with Gasteiger partial charge in [-0.25, -0.2) is 0 Å². The minimum atomic E-state index is -0.124. The van der Waals surface area contributed by atoms with Gasteiger partial charge in [0.25, 0.3) is 5.91 Å². The van der Waals surface area contributed by atoms with Crippen molar-refractivity contribution in [3.63, 3.8) is 0 Å². The summed E-state index contributed by atoms with van der Waals surface area (Å²) in [4.78, 5) is 17.6. The zero-order valence-corrected chi connectivity index (χ0v) is 14.1. The fraction of sp³-hybridized carbons (Fsp3) is 0.200. The Morgan fingerprint density at radius 1 is 1.17 bits per heavy atom. The average molecular weight is 337 g/mol. The van der Waals surface area contributed by atoms with Gasteiger partial charge >= 0.3 is 0 Å². The molecule has 0 atom stereocenters. The molecule has 1 aromatic heterocycles. The summed E-state index contributed by atoms with van der Waals surface area (Å²) in [7, 11) is 0. The van der Waals surface area contributed by atoms with Crippen molar-refractivity contribution >= 4 is 34.1 Å². The van der Waals surface area contributed by atoms with Crippen molar-refractivity contribution < 1.29 is 4.79 Å². The predicted octanol–water partition coefficient (Wildman–Crippen LogP) is 5.33. The van der Waals surface area contributed by atoms with E-state index in [0.29, 0.717) is 16.5 Å². The summed E-state index contributed by atoms with van der Waals surface area (Å²) >= 11 is 6.06. The van der Waals surface area contributed by atoms with Crippen LogP contribution in [0.5, 0.6) is 0 Å². The van der Waals surface area contributed by atoms with E-state index in [1.807, 2.05) is 49.4 Å². The first-order valence-corrected chi connectivity index (χ1v) is 8.47. The number of fused-ring (bicyclic) bond motifs is 1. The van der Waals surface area contributed by atoms with Gasteiger partial charge in [-0.15, -0.1) is 0 Å². The van der Waals surface area contributed by atoms with Crippen LogP contribution in [0.2, 0.25) is 5.02 Å². The van der Waals surface area contributed by atoms with Crippen LogP contribution in [0.3, 0.4) is 0 Å². The van der Waals surface area contributed by atoms with E-state index in [-0.39, 0.29) is 5.91 Å². The Morgan fingerprint density at radius 2 is 1.96 bits per heavy atom. The number of para-hydroxylation sites is 1. The van der Waals surface area contributed by atoms with Crippen LogP contribution in [-0.2, 0) is 0 Å². The van der Waals surface area contributed by atoms with Crippen molar-refractivity contribution in [2.24, 2.45) is 0 Å². The molecular formula is C20H17ClN2O. The Morgan fingerprint density at radius 3 is 2.75 bits per heavy atom. The van der Waals surface area contributed by atoms with Crippen molar-refractivity contribution in [1.29, 1.82) is 0 Å². The van der Waals surface area contributed by atoms with Gasteiger partial charge in [-0.2, -0.15) is 0 Å². The highest BCUT2D eigenvalue weighted by Gasteiger charge is 2.27. The molecule has 4 heteroatoms. The quantitative estimate of drug-likeness (QED) is 0.702. The number of carbonyl (C=O) groups excluding carboxylic acids is 1. The van der Waals surface area contributed by atoms with E-state index in [2.05, 4.69) is 5.32 Å². The maximum atomic E-state index is 12.9. The first-order chi connectivity index (χ1) is 11.6. The molecular weight excluding hydrogens is 320 g/mol. The molecule has 0 unspecified atom stereocenters. The number of amides is 1. The minimum Gasteiger partial charge on any atom is -0.322 e. The normalized spacial score (nSPS) is 13.9. The summed E-state index contributed by atoms with van der Waals surface area (Å²) in [5, 5.41) is 4.47. The van der Waals surface area contributed by atoms with Crippen molar-refractivity contribution in [3.05, 3.63) is 70.4 Å². The molecule has 1 aliphatic rings. The van der Waals surface area contributed by atoms with E-state index in [0.717, 1.165) is 40.7 Å². The summed E-state index contributed by atoms with van der Waals surface area (Å²) in [5.41, 5.74) is 4.27. The molecule has 2 aromatic carbocycles. The largest absolute Gasteiger partial charge is 0.322 e. The lowest BCUT2D eigenvalue weighted by Crippen LogP contribution is -2.14. The number of rotatable bonds is 3. The molecule has 120 valence electrons. The van der Waals surface area contributed by atoms with Gasteiger partial charge in [0.2, 0.25) is 0 Å². The third kappa shape index (κ3) is 2.87. The first-order valence-electron chi connectivity index (χ1n) is 8.09. The molecule has 1 N–H and O–H groups in total. The van der Waals surface area contributed by atoms with Gasteiger partial charge in [0.1, 0.15) is 0 Å². The van der Waals surface area contributed by atoms with Crippen LogP contribution < -0.4 is 5.32 Å². The summed E-state index contributed by atoms with van der Waals surface area (Å²) in [6.45, 7) is 1.95. The van der Waals surface area contributed by atoms with Crippen molar-refractivity contribution in [2.45, 2.75) is 25.7 Å². The molecule has 3 aromatic rings. The van der Waals surface area contributed by atoms with Gasteiger partial charge in [0.15, 0.2) is 0 Å². The van der Waals surface area contributed by atoms with Crippen LogP contribution in [0.15, 0.2) is 48.5 Å². The van der Waals surface area contributed by atoms with Gasteiger partial charge < -0.3 is 5.32 Å². The number of nitrogens with one attached hydrogen (secondary N) is 1. The number of benzene rings is 2. The number of aryl methyl sites for hydroxylation is 1. The molecule has 3 nitrogen and oxygen atoms in total. The summed E-state index contributed by atoms with van der Waals surface area (Å²) in [6, 6.07) is 15.2. The topological polar surface area (TPSA) is 42.0 Å². The third-order valence-electron chi connectivity index (χ3n) is 4.42. The van der Waals surface area contributed by atoms with Crippen LogP contribution in [0.4, 0.5) is 5.69 Å². The molecule has 0 saturated heterocycles. The molecule has 24 heavy (non-hydrogen) atoms. The second-order valence-corrected chi connectivity index (χ2v) is 6.74. The first kappa shape index (κ1) is 15.2. The molecule has 4 rings (SSSR count). The number of hydrogen-bond acceptors (Lipinski definition) is 2. The van der Waals surface area contributed by atoms with Gasteiger partial charge in [-0.3, -0.25) is 9.78 Å². The zero-order valence-electron chi connectivity index (χ0n) is 13.3. The number of hydrogen-bond donors (Lipinski definition) is 1. The molecule has 0 radical (unpaired) electrons. The molecule has 0 bridgehead atoms. The summed E-state index contributed by atoms with van der Waals surface area (Å²) in [6.07, 6.45) is 2.31. The second-order valence-electron chi connectivity index (χ2n) is 6.30. The average Bonchev–Trinajstić information content (AvgIpc) is 3.42. The molecule has 1 saturated carbocycles. The highest BCUT2D eigenvalue weighted by Crippen LogP contribution is 2.40. The van der Waals surface area contributed by atoms with Crippen molar-refractivity contribution in [3.8, 4) is 0 Å². The van der Waals surface area contributed by atoms with Crippen LogP contribution in [0, 0.1) is 6.92 Å². The number of nitrogens with zero attached hydrogens (tertiary/aromatic N) is 1. The fourth-order valence-corrected chi connectivity index (χ4v) is 3.06. The highest BCUT2D eigenvalue weighted by molar-refractivity contribution is 6.31.